The van der Waals surface area contributed by atoms with Crippen molar-refractivity contribution in [3.05, 3.63) is 35.9 Å². The van der Waals surface area contributed by atoms with E-state index >= 15 is 0 Å². The number of amides is 1. The van der Waals surface area contributed by atoms with Gasteiger partial charge in [0, 0.05) is 7.05 Å². The van der Waals surface area contributed by atoms with Crippen LogP contribution in [0.2, 0.25) is 0 Å². The van der Waals surface area contributed by atoms with E-state index in [9.17, 15) is 4.79 Å². The summed E-state index contributed by atoms with van der Waals surface area (Å²) < 4.78 is 0. The molecule has 1 unspecified atom stereocenters. The van der Waals surface area contributed by atoms with E-state index in [1.54, 1.807) is 13.4 Å². The summed E-state index contributed by atoms with van der Waals surface area (Å²) in [5.74, 6) is 0.0335. The van der Waals surface area contributed by atoms with Gasteiger partial charge in [-0.15, -0.1) is 0 Å². The summed E-state index contributed by atoms with van der Waals surface area (Å²) in [6.07, 6.45) is 1.57. The van der Waals surface area contributed by atoms with E-state index in [1.807, 2.05) is 30.3 Å². The van der Waals surface area contributed by atoms with Gasteiger partial charge < -0.3 is 4.90 Å². The van der Waals surface area contributed by atoms with Crippen molar-refractivity contribution in [1.29, 1.82) is 0 Å². The van der Waals surface area contributed by atoms with Crippen LogP contribution in [0.3, 0.4) is 0 Å². The van der Waals surface area contributed by atoms with Crippen LogP contribution < -0.4 is 0 Å². The lowest BCUT2D eigenvalue weighted by molar-refractivity contribution is -0.126. The summed E-state index contributed by atoms with van der Waals surface area (Å²) in [7, 11) is 1.72. The molecule has 0 radical (unpaired) electrons. The maximum Gasteiger partial charge on any atom is 0.256 e. The Labute approximate surface area is 76.7 Å². The number of likely N-dealkylation sites (N-methyl/N-ethyl adjacent to an activating group) is 1. The fourth-order valence-electron chi connectivity index (χ4n) is 1.34. The third-order valence-corrected chi connectivity index (χ3v) is 2.09. The molecule has 1 aromatic carbocycles. The molecule has 13 heavy (non-hydrogen) atoms. The molecule has 1 aromatic rings. The lowest BCUT2D eigenvalue weighted by Gasteiger charge is -2.08. The number of rotatable bonds is 1. The van der Waals surface area contributed by atoms with Gasteiger partial charge in [0.25, 0.3) is 5.91 Å². The largest absolute Gasteiger partial charge is 0.304 e. The molecule has 0 spiro atoms. The normalized spacial score (nSPS) is 21.2. The molecule has 1 heterocycles. The second-order valence-electron chi connectivity index (χ2n) is 3.03. The molecule has 1 amide bonds. The van der Waals surface area contributed by atoms with Crippen molar-refractivity contribution in [2.24, 2.45) is 4.99 Å². The van der Waals surface area contributed by atoms with Crippen LogP contribution in [-0.2, 0) is 4.79 Å². The highest BCUT2D eigenvalue weighted by atomic mass is 16.2. The summed E-state index contributed by atoms with van der Waals surface area (Å²) in [6.45, 7) is 0. The Morgan fingerprint density at radius 3 is 2.54 bits per heavy atom. The van der Waals surface area contributed by atoms with Crippen molar-refractivity contribution in [3.63, 3.8) is 0 Å². The maximum absolute atomic E-state index is 11.5. The molecule has 3 nitrogen and oxygen atoms in total. The number of aliphatic imine (C=N–C) groups is 1. The van der Waals surface area contributed by atoms with Crippen molar-refractivity contribution in [3.8, 4) is 0 Å². The van der Waals surface area contributed by atoms with E-state index < -0.39 is 0 Å². The number of benzene rings is 1. The zero-order valence-corrected chi connectivity index (χ0v) is 7.34. The van der Waals surface area contributed by atoms with Crippen LogP contribution in [0.15, 0.2) is 35.3 Å². The van der Waals surface area contributed by atoms with Crippen LogP contribution in [0.4, 0.5) is 0 Å². The Kier molecular flexibility index (Phi) is 1.85. The van der Waals surface area contributed by atoms with Crippen LogP contribution in [0.25, 0.3) is 0 Å². The van der Waals surface area contributed by atoms with E-state index in [4.69, 9.17) is 0 Å². The monoisotopic (exact) mass is 174 g/mol. The number of nitrogens with zero attached hydrogens (tertiary/aromatic N) is 2. The van der Waals surface area contributed by atoms with Gasteiger partial charge in [-0.2, -0.15) is 0 Å². The van der Waals surface area contributed by atoms with Gasteiger partial charge in [-0.1, -0.05) is 30.3 Å². The third-order valence-electron chi connectivity index (χ3n) is 2.09. The Balaban J connectivity index is 2.30. The summed E-state index contributed by atoms with van der Waals surface area (Å²) in [4.78, 5) is 17.1. The first-order valence-corrected chi connectivity index (χ1v) is 4.14. The van der Waals surface area contributed by atoms with Crippen LogP contribution in [0.5, 0.6) is 0 Å². The molecule has 66 valence electrons. The molecule has 1 aliphatic heterocycles. The minimum Gasteiger partial charge on any atom is -0.304 e. The fourth-order valence-corrected chi connectivity index (χ4v) is 1.34. The van der Waals surface area contributed by atoms with E-state index in [2.05, 4.69) is 4.99 Å². The van der Waals surface area contributed by atoms with Crippen LogP contribution in [0, 0.1) is 0 Å². The second kappa shape index (κ2) is 3.01. The lowest BCUT2D eigenvalue weighted by Crippen LogP contribution is -2.22. The molecular weight excluding hydrogens is 164 g/mol. The maximum atomic E-state index is 11.5. The summed E-state index contributed by atoms with van der Waals surface area (Å²) >= 11 is 0. The average molecular weight is 174 g/mol. The lowest BCUT2D eigenvalue weighted by atomic mass is 10.1. The molecule has 0 saturated carbocycles. The first-order valence-electron chi connectivity index (χ1n) is 4.14. The highest BCUT2D eigenvalue weighted by molar-refractivity contribution is 5.96. The summed E-state index contributed by atoms with van der Waals surface area (Å²) in [6, 6.07) is 9.26. The van der Waals surface area contributed by atoms with Gasteiger partial charge in [-0.25, -0.2) is 0 Å². The van der Waals surface area contributed by atoms with E-state index in [0.717, 1.165) is 5.56 Å². The molecule has 2 rings (SSSR count). The zero-order chi connectivity index (χ0) is 9.26. The van der Waals surface area contributed by atoms with Crippen LogP contribution in [-0.4, -0.2) is 24.2 Å². The second-order valence-corrected chi connectivity index (χ2v) is 3.03. The molecule has 0 N–H and O–H groups in total. The first kappa shape index (κ1) is 7.98. The minimum atomic E-state index is -0.328. The highest BCUT2D eigenvalue weighted by Gasteiger charge is 2.26. The third kappa shape index (κ3) is 1.33. The molecular formula is C10H10N2O. The predicted octanol–water partition coefficient (Wildman–Crippen LogP) is 1.23. The van der Waals surface area contributed by atoms with Crippen molar-refractivity contribution in [1.82, 2.24) is 4.90 Å². The summed E-state index contributed by atoms with van der Waals surface area (Å²) in [5.41, 5.74) is 0.952. The van der Waals surface area contributed by atoms with E-state index in [1.165, 1.54) is 4.90 Å². The summed E-state index contributed by atoms with van der Waals surface area (Å²) in [5, 5.41) is 0. The van der Waals surface area contributed by atoms with Crippen molar-refractivity contribution in [2.75, 3.05) is 7.05 Å². The first-order chi connectivity index (χ1) is 6.29. The van der Waals surface area contributed by atoms with Crippen molar-refractivity contribution >= 4 is 12.2 Å². The van der Waals surface area contributed by atoms with Crippen molar-refractivity contribution in [2.45, 2.75) is 6.04 Å². The van der Waals surface area contributed by atoms with Gasteiger partial charge >= 0.3 is 0 Å². The van der Waals surface area contributed by atoms with Gasteiger partial charge in [0.15, 0.2) is 6.04 Å². The van der Waals surface area contributed by atoms with Crippen LogP contribution >= 0.6 is 0 Å². The highest BCUT2D eigenvalue weighted by Crippen LogP contribution is 2.22. The Morgan fingerprint density at radius 2 is 2.00 bits per heavy atom. The number of hydrogen-bond acceptors (Lipinski definition) is 2. The quantitative estimate of drug-likeness (QED) is 0.630. The molecule has 0 aliphatic carbocycles. The number of carbonyl (C=O) groups is 1. The van der Waals surface area contributed by atoms with Gasteiger partial charge in [-0.05, 0) is 5.56 Å². The van der Waals surface area contributed by atoms with Crippen LogP contribution in [0.1, 0.15) is 11.6 Å². The number of hydrogen-bond donors (Lipinski definition) is 0. The zero-order valence-electron chi connectivity index (χ0n) is 7.34. The standard InChI is InChI=1S/C10H10N2O/c1-12-7-11-9(10(12)13)8-5-3-2-4-6-8/h2-7,9H,1H3. The topological polar surface area (TPSA) is 32.7 Å². The van der Waals surface area contributed by atoms with Gasteiger partial charge in [-0.3, -0.25) is 9.79 Å². The van der Waals surface area contributed by atoms with Gasteiger partial charge in [0.2, 0.25) is 0 Å². The Bertz CT molecular complexity index is 345. The average Bonchev–Trinajstić information content (AvgIpc) is 2.49. The molecule has 1 aliphatic rings. The van der Waals surface area contributed by atoms with Gasteiger partial charge in [0.05, 0.1) is 6.34 Å². The Morgan fingerprint density at radius 1 is 1.31 bits per heavy atom. The molecule has 0 saturated heterocycles. The van der Waals surface area contributed by atoms with E-state index in [0.29, 0.717) is 0 Å². The fraction of sp³-hybridized carbons (Fsp3) is 0.200. The Hall–Kier alpha value is -1.64. The molecule has 0 fully saturated rings. The molecule has 0 aromatic heterocycles. The molecule has 0 bridgehead atoms. The van der Waals surface area contributed by atoms with Gasteiger partial charge in [0.1, 0.15) is 0 Å². The van der Waals surface area contributed by atoms with Crippen molar-refractivity contribution < 1.29 is 4.79 Å². The number of carbonyl (C=O) groups excluding carboxylic acids is 1. The molecule has 1 atom stereocenters. The SMILES string of the molecule is CN1C=NC(c2ccccc2)C1=O. The van der Waals surface area contributed by atoms with E-state index in [-0.39, 0.29) is 11.9 Å². The smallest absolute Gasteiger partial charge is 0.256 e. The predicted molar refractivity (Wildman–Crippen MR) is 50.4 cm³/mol. The minimum absolute atomic E-state index is 0.0335. The molecule has 3 heteroatoms.